The fraction of sp³-hybridized carbons (Fsp3) is 0.176. The maximum atomic E-state index is 12.2. The summed E-state index contributed by atoms with van der Waals surface area (Å²) in [6, 6.07) is 14.7. The zero-order chi connectivity index (χ0) is 15.9. The van der Waals surface area contributed by atoms with Crippen molar-refractivity contribution in [2.75, 3.05) is 7.11 Å². The van der Waals surface area contributed by atoms with Crippen LogP contribution in [0.15, 0.2) is 48.5 Å². The first-order chi connectivity index (χ1) is 10.5. The Hall–Kier alpha value is -2.66. The van der Waals surface area contributed by atoms with E-state index in [0.717, 1.165) is 29.4 Å². The number of carboxylic acid groups (broad SMARTS) is 1. The van der Waals surface area contributed by atoms with Gasteiger partial charge < -0.3 is 15.6 Å². The smallest absolute Gasteiger partial charge is 0.338 e. The number of nitrogens with two attached hydrogens (primary N) is 1. The average Bonchev–Trinajstić information content (AvgIpc) is 2.88. The Labute approximate surface area is 127 Å². The van der Waals surface area contributed by atoms with Gasteiger partial charge in [0.1, 0.15) is 0 Å². The lowest BCUT2D eigenvalue weighted by molar-refractivity contribution is -0.159. The van der Waals surface area contributed by atoms with Crippen molar-refractivity contribution in [3.8, 4) is 11.1 Å². The molecule has 0 heterocycles. The second kappa shape index (κ2) is 4.96. The van der Waals surface area contributed by atoms with Gasteiger partial charge in [-0.05, 0) is 22.3 Å². The summed E-state index contributed by atoms with van der Waals surface area (Å²) >= 11 is 0. The van der Waals surface area contributed by atoms with Crippen LogP contribution in [0.4, 0.5) is 0 Å². The number of carbonyl (C=O) groups is 2. The van der Waals surface area contributed by atoms with E-state index in [0.29, 0.717) is 0 Å². The van der Waals surface area contributed by atoms with Gasteiger partial charge in [-0.25, -0.2) is 9.59 Å². The van der Waals surface area contributed by atoms with Crippen LogP contribution in [0.25, 0.3) is 11.1 Å². The summed E-state index contributed by atoms with van der Waals surface area (Å²) in [6.45, 7) is 0. The Morgan fingerprint density at radius 1 is 1.05 bits per heavy atom. The first-order valence-corrected chi connectivity index (χ1v) is 6.80. The van der Waals surface area contributed by atoms with Crippen LogP contribution in [0.3, 0.4) is 0 Å². The van der Waals surface area contributed by atoms with Crippen LogP contribution in [0.5, 0.6) is 0 Å². The molecule has 5 nitrogen and oxygen atoms in total. The molecule has 22 heavy (non-hydrogen) atoms. The SMILES string of the molecule is COC(=O)C(N)(C(=O)O)C1c2ccccc2-c2ccccc21. The normalized spacial score (nSPS) is 15.5. The third-order valence-corrected chi connectivity index (χ3v) is 4.17. The predicted octanol–water partition coefficient (Wildman–Crippen LogP) is 1.75. The summed E-state index contributed by atoms with van der Waals surface area (Å²) in [5, 5.41) is 9.62. The number of hydrogen-bond donors (Lipinski definition) is 2. The van der Waals surface area contributed by atoms with Gasteiger partial charge in [0.25, 0.3) is 0 Å². The van der Waals surface area contributed by atoms with Gasteiger partial charge in [-0.2, -0.15) is 0 Å². The van der Waals surface area contributed by atoms with Crippen LogP contribution in [-0.4, -0.2) is 29.7 Å². The fourth-order valence-corrected chi connectivity index (χ4v) is 3.14. The Bertz CT molecular complexity index is 725. The summed E-state index contributed by atoms with van der Waals surface area (Å²) in [7, 11) is 1.14. The molecule has 1 aliphatic carbocycles. The number of rotatable bonds is 3. The second-order valence-electron chi connectivity index (χ2n) is 5.27. The largest absolute Gasteiger partial charge is 0.479 e. The first-order valence-electron chi connectivity index (χ1n) is 6.80. The van der Waals surface area contributed by atoms with Crippen LogP contribution in [0.2, 0.25) is 0 Å². The van der Waals surface area contributed by atoms with Gasteiger partial charge in [-0.1, -0.05) is 48.5 Å². The number of methoxy groups -OCH3 is 1. The highest BCUT2D eigenvalue weighted by atomic mass is 16.5. The minimum atomic E-state index is -2.17. The minimum absolute atomic E-state index is 0.721. The number of benzene rings is 2. The molecule has 0 amide bonds. The number of aliphatic carboxylic acids is 1. The molecule has 2 aromatic rings. The monoisotopic (exact) mass is 297 g/mol. The van der Waals surface area contributed by atoms with Crippen molar-refractivity contribution in [1.29, 1.82) is 0 Å². The molecule has 0 aromatic heterocycles. The zero-order valence-electron chi connectivity index (χ0n) is 11.9. The molecular weight excluding hydrogens is 282 g/mol. The molecule has 1 atom stereocenters. The summed E-state index contributed by atoms with van der Waals surface area (Å²) in [5.74, 6) is -3.16. The fourth-order valence-electron chi connectivity index (χ4n) is 3.14. The van der Waals surface area contributed by atoms with Gasteiger partial charge in [0, 0.05) is 0 Å². The summed E-state index contributed by atoms with van der Waals surface area (Å²) in [4.78, 5) is 24.0. The molecule has 1 aliphatic rings. The Morgan fingerprint density at radius 3 is 1.91 bits per heavy atom. The van der Waals surface area contributed by atoms with E-state index in [4.69, 9.17) is 5.73 Å². The first kappa shape index (κ1) is 14.3. The van der Waals surface area contributed by atoms with Crippen molar-refractivity contribution in [2.24, 2.45) is 5.73 Å². The maximum absolute atomic E-state index is 12.2. The standard InChI is InChI=1S/C17H15NO4/c1-22-16(21)17(18,15(19)20)14-12-8-4-2-6-10(12)11-7-3-5-9-13(11)14/h2-9,14H,18H2,1H3,(H,19,20). The van der Waals surface area contributed by atoms with E-state index in [-0.39, 0.29) is 0 Å². The zero-order valence-corrected chi connectivity index (χ0v) is 11.9. The molecule has 0 saturated carbocycles. The van der Waals surface area contributed by atoms with Crippen molar-refractivity contribution in [1.82, 2.24) is 0 Å². The van der Waals surface area contributed by atoms with Gasteiger partial charge in [0.2, 0.25) is 5.54 Å². The van der Waals surface area contributed by atoms with Gasteiger partial charge in [0.15, 0.2) is 0 Å². The van der Waals surface area contributed by atoms with E-state index in [1.54, 1.807) is 24.3 Å². The number of carbonyl (C=O) groups excluding carboxylic acids is 1. The highest BCUT2D eigenvalue weighted by Gasteiger charge is 2.54. The molecular formula is C17H15NO4. The quantitative estimate of drug-likeness (QED) is 0.665. The molecule has 1 unspecified atom stereocenters. The van der Waals surface area contributed by atoms with Crippen molar-refractivity contribution in [3.63, 3.8) is 0 Å². The number of carboxylic acids is 1. The lowest BCUT2D eigenvalue weighted by atomic mass is 9.78. The molecule has 3 N–H and O–H groups in total. The van der Waals surface area contributed by atoms with Crippen LogP contribution in [-0.2, 0) is 14.3 Å². The molecule has 0 bridgehead atoms. The minimum Gasteiger partial charge on any atom is -0.479 e. The molecule has 112 valence electrons. The van der Waals surface area contributed by atoms with Crippen LogP contribution < -0.4 is 5.73 Å². The Balaban J connectivity index is 2.30. The molecule has 3 rings (SSSR count). The number of fused-ring (bicyclic) bond motifs is 3. The van der Waals surface area contributed by atoms with Gasteiger partial charge in [0.05, 0.1) is 13.0 Å². The molecule has 0 saturated heterocycles. The third-order valence-electron chi connectivity index (χ3n) is 4.17. The van der Waals surface area contributed by atoms with Crippen LogP contribution in [0.1, 0.15) is 17.0 Å². The number of hydrogen-bond acceptors (Lipinski definition) is 4. The van der Waals surface area contributed by atoms with Crippen molar-refractivity contribution >= 4 is 11.9 Å². The second-order valence-corrected chi connectivity index (χ2v) is 5.27. The van der Waals surface area contributed by atoms with Crippen LogP contribution in [0, 0.1) is 0 Å². The highest BCUT2D eigenvalue weighted by molar-refractivity contribution is 6.07. The molecule has 0 aliphatic heterocycles. The average molecular weight is 297 g/mol. The van der Waals surface area contributed by atoms with E-state index in [9.17, 15) is 14.7 Å². The summed E-state index contributed by atoms with van der Waals surface area (Å²) in [5.41, 5.74) is 7.11. The molecule has 0 radical (unpaired) electrons. The molecule has 5 heteroatoms. The highest BCUT2D eigenvalue weighted by Crippen LogP contribution is 2.49. The molecule has 0 fully saturated rings. The number of ether oxygens (including phenoxy) is 1. The van der Waals surface area contributed by atoms with E-state index in [1.165, 1.54) is 0 Å². The van der Waals surface area contributed by atoms with Crippen molar-refractivity contribution in [3.05, 3.63) is 59.7 Å². The van der Waals surface area contributed by atoms with E-state index >= 15 is 0 Å². The van der Waals surface area contributed by atoms with E-state index in [1.807, 2.05) is 24.3 Å². The Morgan fingerprint density at radius 2 is 1.50 bits per heavy atom. The lowest BCUT2D eigenvalue weighted by Crippen LogP contribution is -2.59. The molecule has 2 aromatic carbocycles. The predicted molar refractivity (Wildman–Crippen MR) is 80.3 cm³/mol. The van der Waals surface area contributed by atoms with Crippen molar-refractivity contribution < 1.29 is 19.4 Å². The third kappa shape index (κ3) is 1.76. The van der Waals surface area contributed by atoms with E-state index < -0.39 is 23.4 Å². The maximum Gasteiger partial charge on any atom is 0.338 e. The van der Waals surface area contributed by atoms with Gasteiger partial charge >= 0.3 is 11.9 Å². The van der Waals surface area contributed by atoms with Crippen LogP contribution >= 0.6 is 0 Å². The summed E-state index contributed by atoms with van der Waals surface area (Å²) < 4.78 is 4.67. The topological polar surface area (TPSA) is 89.6 Å². The summed E-state index contributed by atoms with van der Waals surface area (Å²) in [6.07, 6.45) is 0. The number of esters is 1. The molecule has 0 spiro atoms. The van der Waals surface area contributed by atoms with Crippen molar-refractivity contribution in [2.45, 2.75) is 11.5 Å². The Kier molecular flexibility index (Phi) is 3.22. The van der Waals surface area contributed by atoms with Gasteiger partial charge in [-0.3, -0.25) is 0 Å². The lowest BCUT2D eigenvalue weighted by Gasteiger charge is -2.29. The van der Waals surface area contributed by atoms with E-state index in [2.05, 4.69) is 4.74 Å². The van der Waals surface area contributed by atoms with Gasteiger partial charge in [-0.15, -0.1) is 0 Å².